The monoisotopic (exact) mass is 459 g/mol. The summed E-state index contributed by atoms with van der Waals surface area (Å²) in [4.78, 5) is 4.44. The number of hydrogen-bond acceptors (Lipinski definition) is 3. The Kier molecular flexibility index (Phi) is 5.95. The van der Waals surface area contributed by atoms with E-state index in [1.165, 1.54) is 38.5 Å². The molecule has 4 aliphatic carbocycles. The van der Waals surface area contributed by atoms with Crippen LogP contribution in [0.25, 0.3) is 0 Å². The molecule has 0 aromatic carbocycles. The first-order valence-corrected chi connectivity index (χ1v) is 13.5. The molecule has 0 radical (unpaired) electrons. The first kappa shape index (κ1) is 23.1. The van der Waals surface area contributed by atoms with Gasteiger partial charge in [-0.15, -0.1) is 0 Å². The number of rotatable bonds is 4. The first-order valence-electron chi connectivity index (χ1n) is 13.2. The van der Waals surface area contributed by atoms with Crippen LogP contribution < -0.4 is 0 Å². The third-order valence-corrected chi connectivity index (χ3v) is 11.3. The van der Waals surface area contributed by atoms with Crippen molar-refractivity contribution >= 4 is 11.6 Å². The van der Waals surface area contributed by atoms with Crippen molar-refractivity contribution in [3.05, 3.63) is 29.0 Å². The van der Waals surface area contributed by atoms with E-state index in [1.54, 1.807) is 0 Å². The molecule has 4 fully saturated rings. The molecule has 178 valence electrons. The van der Waals surface area contributed by atoms with Gasteiger partial charge in [-0.2, -0.15) is 0 Å². The highest BCUT2D eigenvalue weighted by molar-refractivity contribution is 6.29. The van der Waals surface area contributed by atoms with Gasteiger partial charge in [0, 0.05) is 5.69 Å². The van der Waals surface area contributed by atoms with E-state index in [1.807, 2.05) is 18.2 Å². The van der Waals surface area contributed by atoms with E-state index in [-0.39, 0.29) is 11.5 Å². The number of aliphatic hydroxyl groups excluding tert-OH is 1. The molecule has 1 aromatic heterocycles. The number of pyridine rings is 1. The van der Waals surface area contributed by atoms with Crippen molar-refractivity contribution in [2.75, 3.05) is 0 Å². The molecule has 4 saturated carbocycles. The van der Waals surface area contributed by atoms with Gasteiger partial charge < -0.3 is 10.2 Å². The van der Waals surface area contributed by atoms with Gasteiger partial charge in [-0.25, -0.2) is 4.98 Å². The second kappa shape index (κ2) is 8.24. The van der Waals surface area contributed by atoms with Crippen LogP contribution in [0.5, 0.6) is 0 Å². The molecule has 3 nitrogen and oxygen atoms in total. The van der Waals surface area contributed by atoms with E-state index < -0.39 is 5.60 Å². The van der Waals surface area contributed by atoms with Crippen LogP contribution >= 0.6 is 11.6 Å². The molecule has 1 heterocycles. The molecule has 4 aliphatic rings. The van der Waals surface area contributed by atoms with E-state index in [0.717, 1.165) is 55.6 Å². The number of aliphatic hydroxyl groups is 2. The van der Waals surface area contributed by atoms with E-state index in [4.69, 9.17) is 11.6 Å². The van der Waals surface area contributed by atoms with Gasteiger partial charge in [0.25, 0.3) is 0 Å². The van der Waals surface area contributed by atoms with Gasteiger partial charge in [0.2, 0.25) is 0 Å². The van der Waals surface area contributed by atoms with Crippen molar-refractivity contribution in [1.29, 1.82) is 0 Å². The van der Waals surface area contributed by atoms with Crippen LogP contribution in [0, 0.1) is 40.4 Å². The second-order valence-electron chi connectivity index (χ2n) is 12.6. The Balaban J connectivity index is 1.32. The Morgan fingerprint density at radius 1 is 1.03 bits per heavy atom. The summed E-state index contributed by atoms with van der Waals surface area (Å²) >= 11 is 6.08. The minimum atomic E-state index is -0.670. The van der Waals surface area contributed by atoms with Crippen molar-refractivity contribution in [1.82, 2.24) is 4.98 Å². The zero-order valence-corrected chi connectivity index (χ0v) is 20.9. The fourth-order valence-electron chi connectivity index (χ4n) is 9.40. The molecule has 1 aromatic rings. The molecule has 0 aliphatic heterocycles. The molecule has 32 heavy (non-hydrogen) atoms. The molecule has 0 spiro atoms. The van der Waals surface area contributed by atoms with Gasteiger partial charge in [0.15, 0.2) is 0 Å². The number of aromatic nitrogens is 1. The number of nitrogens with zero attached hydrogens (tertiary/aromatic N) is 1. The second-order valence-corrected chi connectivity index (χ2v) is 13.0. The van der Waals surface area contributed by atoms with E-state index in [2.05, 4.69) is 25.8 Å². The Bertz CT molecular complexity index is 842. The lowest BCUT2D eigenvalue weighted by Crippen LogP contribution is -2.55. The third-order valence-electron chi connectivity index (χ3n) is 11.0. The molecule has 2 unspecified atom stereocenters. The average molecular weight is 460 g/mol. The SMILES string of the molecule is CC(O)(CCc1cccc(Cl)n1)[C@H]1CC[C@H]2[C@@H]3CCC4C[C@@H](O)CC[C@]4(C)[C@H]3CC[C@]12C. The number of halogens is 1. The van der Waals surface area contributed by atoms with Crippen molar-refractivity contribution < 1.29 is 10.2 Å². The van der Waals surface area contributed by atoms with Crippen molar-refractivity contribution in [2.45, 2.75) is 103 Å². The van der Waals surface area contributed by atoms with Gasteiger partial charge in [0.1, 0.15) is 5.15 Å². The fourth-order valence-corrected chi connectivity index (χ4v) is 9.58. The Morgan fingerprint density at radius 2 is 1.78 bits per heavy atom. The minimum Gasteiger partial charge on any atom is -0.393 e. The van der Waals surface area contributed by atoms with Crippen molar-refractivity contribution in [3.8, 4) is 0 Å². The molecule has 0 bridgehead atoms. The quantitative estimate of drug-likeness (QED) is 0.509. The van der Waals surface area contributed by atoms with Gasteiger partial charge in [0.05, 0.1) is 11.7 Å². The summed E-state index contributed by atoms with van der Waals surface area (Å²) in [6.07, 6.45) is 12.3. The first-order chi connectivity index (χ1) is 15.1. The lowest BCUT2D eigenvalue weighted by Gasteiger charge is -2.61. The van der Waals surface area contributed by atoms with Crippen molar-refractivity contribution in [2.24, 2.45) is 40.4 Å². The van der Waals surface area contributed by atoms with Gasteiger partial charge in [-0.1, -0.05) is 31.5 Å². The number of fused-ring (bicyclic) bond motifs is 5. The molecule has 4 heteroatoms. The van der Waals surface area contributed by atoms with Crippen LogP contribution in [0.4, 0.5) is 0 Å². The van der Waals surface area contributed by atoms with Crippen LogP contribution in [0.1, 0.15) is 90.7 Å². The molecule has 0 saturated heterocycles. The molecule has 5 rings (SSSR count). The molecule has 0 amide bonds. The van der Waals surface area contributed by atoms with Crippen LogP contribution in [-0.2, 0) is 6.42 Å². The Labute approximate surface area is 199 Å². The largest absolute Gasteiger partial charge is 0.393 e. The zero-order chi connectivity index (χ0) is 22.7. The standard InChI is InChI=1S/C28H42ClNO2/c1-26-14-12-20(31)17-18(26)7-8-21-22-9-10-24(27(22,2)15-13-23(21)26)28(3,32)16-11-19-5-4-6-25(29)30-19/h4-6,18,20-24,31-32H,7-17H2,1-3H3/t18?,20-,21-,22-,23-,24-,26-,27-,28?/m0/s1. The Morgan fingerprint density at radius 3 is 2.56 bits per heavy atom. The maximum Gasteiger partial charge on any atom is 0.129 e. The number of aryl methyl sites for hydroxylation is 1. The molecule has 2 N–H and O–H groups in total. The van der Waals surface area contributed by atoms with E-state index in [0.29, 0.717) is 22.4 Å². The fraction of sp³-hybridized carbons (Fsp3) is 0.821. The smallest absolute Gasteiger partial charge is 0.129 e. The summed E-state index contributed by atoms with van der Waals surface area (Å²) in [5.74, 6) is 3.43. The minimum absolute atomic E-state index is 0.0709. The Hall–Kier alpha value is -0.640. The summed E-state index contributed by atoms with van der Waals surface area (Å²) in [6, 6.07) is 5.79. The highest BCUT2D eigenvalue weighted by atomic mass is 35.5. The molecular weight excluding hydrogens is 418 g/mol. The average Bonchev–Trinajstić information content (AvgIpc) is 3.11. The van der Waals surface area contributed by atoms with E-state index in [9.17, 15) is 10.2 Å². The summed E-state index contributed by atoms with van der Waals surface area (Å²) in [5, 5.41) is 22.5. The highest BCUT2D eigenvalue weighted by Gasteiger charge is 2.62. The maximum atomic E-state index is 11.7. The highest BCUT2D eigenvalue weighted by Crippen LogP contribution is 2.68. The number of hydrogen-bond donors (Lipinski definition) is 2. The summed E-state index contributed by atoms with van der Waals surface area (Å²) in [5.41, 5.74) is 0.967. The normalized spacial score (nSPS) is 45.4. The molecular formula is C28H42ClNO2. The van der Waals surface area contributed by atoms with Crippen molar-refractivity contribution in [3.63, 3.8) is 0 Å². The molecule has 9 atom stereocenters. The van der Waals surface area contributed by atoms with Crippen LogP contribution in [0.15, 0.2) is 18.2 Å². The van der Waals surface area contributed by atoms with Crippen LogP contribution in [-0.4, -0.2) is 26.9 Å². The predicted octanol–water partition coefficient (Wildman–Crippen LogP) is 6.44. The maximum absolute atomic E-state index is 11.7. The summed E-state index contributed by atoms with van der Waals surface area (Å²) in [7, 11) is 0. The summed E-state index contributed by atoms with van der Waals surface area (Å²) in [6.45, 7) is 7.16. The lowest BCUT2D eigenvalue weighted by atomic mass is 9.44. The van der Waals surface area contributed by atoms with Gasteiger partial charge in [-0.05, 0) is 130 Å². The van der Waals surface area contributed by atoms with Crippen LogP contribution in [0.2, 0.25) is 5.15 Å². The van der Waals surface area contributed by atoms with Gasteiger partial charge >= 0.3 is 0 Å². The van der Waals surface area contributed by atoms with E-state index >= 15 is 0 Å². The third kappa shape index (κ3) is 3.75. The van der Waals surface area contributed by atoms with Gasteiger partial charge in [-0.3, -0.25) is 0 Å². The topological polar surface area (TPSA) is 53.4 Å². The predicted molar refractivity (Wildman–Crippen MR) is 129 cm³/mol. The zero-order valence-electron chi connectivity index (χ0n) is 20.2. The van der Waals surface area contributed by atoms with Crippen LogP contribution in [0.3, 0.4) is 0 Å². The summed E-state index contributed by atoms with van der Waals surface area (Å²) < 4.78 is 0. The lowest BCUT2D eigenvalue weighted by molar-refractivity contribution is -0.144.